The van der Waals surface area contributed by atoms with E-state index in [4.69, 9.17) is 5.26 Å². The van der Waals surface area contributed by atoms with E-state index < -0.39 is 0 Å². The molecule has 0 aromatic heterocycles. The average Bonchev–Trinajstić information content (AvgIpc) is 0.918. The Kier molecular flexibility index (Phi) is 86.4. The molecule has 5 heavy (non-hydrogen) atoms. The molecule has 0 saturated heterocycles. The monoisotopic (exact) mass is 78.0 g/mol. The molecule has 0 spiro atoms. The molecule has 0 atom stereocenters. The summed E-state index contributed by atoms with van der Waals surface area (Å²) in [5, 5.41) is 7.32. The normalized spacial score (nSPS) is 1.40. The Morgan fingerprint density at radius 3 is 1.60 bits per heavy atom. The molecule has 4 heteroatoms. The van der Waals surface area contributed by atoms with Gasteiger partial charge >= 0.3 is 29.6 Å². The van der Waals surface area contributed by atoms with Crippen LogP contribution in [-0.2, 0) is 0 Å². The Labute approximate surface area is 54.8 Å². The third-order valence-corrected chi connectivity index (χ3v) is 0. The summed E-state index contributed by atoms with van der Waals surface area (Å²) in [5.74, 6) is 1.75. The molecule has 0 aromatic carbocycles. The molecule has 0 aliphatic carbocycles. The number of hydrogen-bond donors (Lipinski definition) is 0. The molecule has 0 aromatic rings. The number of nitrogens with zero attached hydrogens (tertiary/aromatic N) is 1. The number of nitrogens with two attached hydrogens (primary N) is 1. The Morgan fingerprint density at radius 1 is 1.60 bits per heavy atom. The molecular formula is CH4BN2Na. The van der Waals surface area contributed by atoms with Crippen LogP contribution in [0.1, 0.15) is 0 Å². The van der Waals surface area contributed by atoms with Crippen LogP contribution in [0.25, 0.3) is 6.15 Å². The van der Waals surface area contributed by atoms with Gasteiger partial charge in [0.1, 0.15) is 0 Å². The van der Waals surface area contributed by atoms with Crippen molar-refractivity contribution in [3.05, 3.63) is 6.15 Å². The van der Waals surface area contributed by atoms with Crippen molar-refractivity contribution < 1.29 is 29.6 Å². The van der Waals surface area contributed by atoms with Gasteiger partial charge in [-0.15, -0.1) is 0 Å². The molecule has 0 amide bonds. The zero-order valence-corrected chi connectivity index (χ0v) is 5.52. The van der Waals surface area contributed by atoms with Crippen molar-refractivity contribution >= 4 is 7.85 Å². The Balaban J connectivity index is -0.0000000200. The summed E-state index contributed by atoms with van der Waals surface area (Å²) in [6.45, 7) is 0. The maximum atomic E-state index is 7.32. The third-order valence-electron chi connectivity index (χ3n) is 0. The van der Waals surface area contributed by atoms with Gasteiger partial charge in [-0.05, 0) is 5.97 Å². The fourth-order valence-electron chi connectivity index (χ4n) is 0. The van der Waals surface area contributed by atoms with Gasteiger partial charge in [0.25, 0.3) is 0 Å². The van der Waals surface area contributed by atoms with Gasteiger partial charge in [0, 0.05) is 0 Å². The molecule has 0 radical (unpaired) electrons. The van der Waals surface area contributed by atoms with Crippen LogP contribution in [0.2, 0.25) is 0 Å². The Hall–Kier alpha value is 0.515. The molecule has 0 aliphatic rings. The van der Waals surface area contributed by atoms with Crippen LogP contribution < -0.4 is 29.6 Å². The third kappa shape index (κ3) is 108. The minimum Gasteiger partial charge on any atom is -0.693 e. The van der Waals surface area contributed by atoms with Crippen LogP contribution in [0, 0.1) is 11.2 Å². The molecule has 0 bridgehead atoms. The van der Waals surface area contributed by atoms with Crippen LogP contribution in [0.4, 0.5) is 0 Å². The van der Waals surface area contributed by atoms with Crippen molar-refractivity contribution in [2.45, 2.75) is 0 Å². The first-order chi connectivity index (χ1) is 1.41. The standard InChI is InChI=1S/CH2BN.H2N.Na/c2-1-3;;/h2H2;1H2;/q;-1;+1. The molecule has 0 rings (SSSR count). The maximum absolute atomic E-state index is 7.32. The van der Waals surface area contributed by atoms with Gasteiger partial charge < -0.3 is 6.15 Å². The molecule has 0 aliphatic heterocycles. The first kappa shape index (κ1) is 17.8. The number of rotatable bonds is 0. The van der Waals surface area contributed by atoms with Gasteiger partial charge in [-0.25, -0.2) is 5.26 Å². The molecule has 22 valence electrons. The van der Waals surface area contributed by atoms with E-state index in [0.717, 1.165) is 0 Å². The molecule has 0 unspecified atom stereocenters. The smallest absolute Gasteiger partial charge is 0.693 e. The largest absolute Gasteiger partial charge is 1.00 e. The van der Waals surface area contributed by atoms with Gasteiger partial charge in [0.15, 0.2) is 0 Å². The average molecular weight is 77.9 g/mol. The van der Waals surface area contributed by atoms with Crippen molar-refractivity contribution in [1.82, 2.24) is 0 Å². The second-order valence-electron chi connectivity index (χ2n) is 0.224. The van der Waals surface area contributed by atoms with Crippen molar-refractivity contribution in [2.75, 3.05) is 0 Å². The molecule has 0 fully saturated rings. The van der Waals surface area contributed by atoms with E-state index in [1.165, 1.54) is 7.85 Å². The Bertz CT molecular complexity index is 31.1. The van der Waals surface area contributed by atoms with Gasteiger partial charge in [-0.1, -0.05) is 0 Å². The summed E-state index contributed by atoms with van der Waals surface area (Å²) < 4.78 is 0. The van der Waals surface area contributed by atoms with Crippen molar-refractivity contribution in [3.8, 4) is 5.97 Å². The first-order valence-corrected chi connectivity index (χ1v) is 0.724. The summed E-state index contributed by atoms with van der Waals surface area (Å²) in [6, 6.07) is 0. The fourth-order valence-corrected chi connectivity index (χ4v) is 0. The van der Waals surface area contributed by atoms with Crippen molar-refractivity contribution in [2.24, 2.45) is 0 Å². The molecule has 0 heterocycles. The number of nitriles is 1. The molecule has 0 saturated carbocycles. The predicted octanol–water partition coefficient (Wildman–Crippen LogP) is -3.18. The van der Waals surface area contributed by atoms with Crippen molar-refractivity contribution in [3.63, 3.8) is 0 Å². The van der Waals surface area contributed by atoms with E-state index in [9.17, 15) is 0 Å². The first-order valence-electron chi connectivity index (χ1n) is 0.724. The molecular weight excluding hydrogens is 73.8 g/mol. The molecule has 2 N–H and O–H groups in total. The van der Waals surface area contributed by atoms with E-state index in [1.54, 1.807) is 5.97 Å². The maximum Gasteiger partial charge on any atom is 1.00 e. The predicted molar refractivity (Wildman–Crippen MR) is 19.4 cm³/mol. The number of hydrogen-bond acceptors (Lipinski definition) is 1. The summed E-state index contributed by atoms with van der Waals surface area (Å²) in [7, 11) is 1.43. The zero-order chi connectivity index (χ0) is 2.71. The van der Waals surface area contributed by atoms with Gasteiger partial charge in [-0.2, -0.15) is 0 Å². The van der Waals surface area contributed by atoms with E-state index >= 15 is 0 Å². The second kappa shape index (κ2) is 24.3. The topological polar surface area (TPSA) is 57.3 Å². The van der Waals surface area contributed by atoms with E-state index in [-0.39, 0.29) is 35.7 Å². The minimum absolute atomic E-state index is 0. The van der Waals surface area contributed by atoms with E-state index in [2.05, 4.69) is 0 Å². The van der Waals surface area contributed by atoms with Crippen LogP contribution in [0.15, 0.2) is 0 Å². The van der Waals surface area contributed by atoms with Gasteiger partial charge in [0.05, 0.1) is 0 Å². The fraction of sp³-hybridized carbons (Fsp3) is 0. The van der Waals surface area contributed by atoms with Crippen LogP contribution in [0.5, 0.6) is 0 Å². The summed E-state index contributed by atoms with van der Waals surface area (Å²) in [5.41, 5.74) is 0. The molecule has 2 nitrogen and oxygen atoms in total. The van der Waals surface area contributed by atoms with Crippen LogP contribution in [0.3, 0.4) is 0 Å². The van der Waals surface area contributed by atoms with E-state index in [0.29, 0.717) is 0 Å². The van der Waals surface area contributed by atoms with Crippen LogP contribution >= 0.6 is 0 Å². The summed E-state index contributed by atoms with van der Waals surface area (Å²) in [4.78, 5) is 0. The second-order valence-corrected chi connectivity index (χ2v) is 0.224. The quantitative estimate of drug-likeness (QED) is 0.282. The Morgan fingerprint density at radius 2 is 1.60 bits per heavy atom. The minimum atomic E-state index is 0. The summed E-state index contributed by atoms with van der Waals surface area (Å²) in [6.07, 6.45) is 0. The summed E-state index contributed by atoms with van der Waals surface area (Å²) >= 11 is 0. The SMILES string of the molecule is BC#N.[NH2-].[Na+]. The van der Waals surface area contributed by atoms with Crippen molar-refractivity contribution in [1.29, 1.82) is 5.26 Å². The van der Waals surface area contributed by atoms with Crippen LogP contribution in [-0.4, -0.2) is 7.85 Å². The van der Waals surface area contributed by atoms with Gasteiger partial charge in [0.2, 0.25) is 7.85 Å². The van der Waals surface area contributed by atoms with E-state index in [1.807, 2.05) is 0 Å². The van der Waals surface area contributed by atoms with Gasteiger partial charge in [-0.3, -0.25) is 0 Å². The zero-order valence-electron chi connectivity index (χ0n) is 3.52.